The average Bonchev–Trinajstić information content (AvgIpc) is 2.58. The summed E-state index contributed by atoms with van der Waals surface area (Å²) in [6.07, 6.45) is 1.10. The van der Waals surface area contributed by atoms with Crippen molar-refractivity contribution in [2.45, 2.75) is 34.1 Å². The fraction of sp³-hybridized carbons (Fsp3) is 0.294. The third-order valence-electron chi connectivity index (χ3n) is 4.11. The Morgan fingerprint density at radius 2 is 0.941 bits per heavy atom. The van der Waals surface area contributed by atoms with Crippen molar-refractivity contribution in [1.29, 1.82) is 0 Å². The first-order chi connectivity index (χ1) is 8.06. The normalized spacial score (nSPS) is 12.5. The van der Waals surface area contributed by atoms with Crippen LogP contribution in [0.1, 0.15) is 33.4 Å². The molecule has 0 atom stereocenters. The minimum atomic E-state index is 1.10. The standard InChI is InChI=1S/C17H18/c1-10-5-14-9-15-6-11(2)13(4)8-17(15)16(14)7-12(10)3/h5-8H,9H2,1-4H3. The lowest BCUT2D eigenvalue weighted by molar-refractivity contribution is 1.21. The molecular weight excluding hydrogens is 204 g/mol. The van der Waals surface area contributed by atoms with Gasteiger partial charge in [-0.25, -0.2) is 0 Å². The molecule has 17 heavy (non-hydrogen) atoms. The van der Waals surface area contributed by atoms with Gasteiger partial charge in [-0.3, -0.25) is 0 Å². The Morgan fingerprint density at radius 3 is 1.35 bits per heavy atom. The van der Waals surface area contributed by atoms with Crippen molar-refractivity contribution in [3.05, 3.63) is 57.6 Å². The number of benzene rings is 2. The highest BCUT2D eigenvalue weighted by Crippen LogP contribution is 2.39. The van der Waals surface area contributed by atoms with E-state index in [2.05, 4.69) is 52.0 Å². The van der Waals surface area contributed by atoms with Crippen LogP contribution in [0.25, 0.3) is 11.1 Å². The van der Waals surface area contributed by atoms with Gasteiger partial charge < -0.3 is 0 Å². The summed E-state index contributed by atoms with van der Waals surface area (Å²) in [5.74, 6) is 0. The average molecular weight is 222 g/mol. The van der Waals surface area contributed by atoms with Crippen molar-refractivity contribution in [3.63, 3.8) is 0 Å². The fourth-order valence-corrected chi connectivity index (χ4v) is 2.75. The second-order valence-electron chi connectivity index (χ2n) is 5.36. The number of rotatable bonds is 0. The lowest BCUT2D eigenvalue weighted by Crippen LogP contribution is -1.86. The molecule has 0 spiro atoms. The summed E-state index contributed by atoms with van der Waals surface area (Å²) in [7, 11) is 0. The van der Waals surface area contributed by atoms with Gasteiger partial charge in [-0.05, 0) is 78.6 Å². The van der Waals surface area contributed by atoms with E-state index in [0.717, 1.165) is 6.42 Å². The second-order valence-corrected chi connectivity index (χ2v) is 5.36. The molecule has 0 heterocycles. The summed E-state index contributed by atoms with van der Waals surface area (Å²) in [4.78, 5) is 0. The van der Waals surface area contributed by atoms with E-state index < -0.39 is 0 Å². The van der Waals surface area contributed by atoms with Gasteiger partial charge in [0.05, 0.1) is 0 Å². The van der Waals surface area contributed by atoms with E-state index in [1.165, 1.54) is 44.5 Å². The van der Waals surface area contributed by atoms with Crippen LogP contribution in [0, 0.1) is 27.7 Å². The molecule has 0 heteroatoms. The summed E-state index contributed by atoms with van der Waals surface area (Å²) >= 11 is 0. The molecule has 0 bridgehead atoms. The SMILES string of the molecule is Cc1cc2c(cc1C)-c1cc(C)c(C)cc1C2. The maximum atomic E-state index is 2.36. The highest BCUT2D eigenvalue weighted by Gasteiger charge is 2.19. The Hall–Kier alpha value is -1.56. The number of fused-ring (bicyclic) bond motifs is 3. The van der Waals surface area contributed by atoms with Gasteiger partial charge in [-0.15, -0.1) is 0 Å². The first-order valence-corrected chi connectivity index (χ1v) is 6.27. The fourth-order valence-electron chi connectivity index (χ4n) is 2.75. The van der Waals surface area contributed by atoms with E-state index >= 15 is 0 Å². The van der Waals surface area contributed by atoms with Gasteiger partial charge in [0.2, 0.25) is 0 Å². The quantitative estimate of drug-likeness (QED) is 0.525. The summed E-state index contributed by atoms with van der Waals surface area (Å²) in [5.41, 5.74) is 11.5. The van der Waals surface area contributed by atoms with Gasteiger partial charge in [0, 0.05) is 0 Å². The molecule has 0 aromatic heterocycles. The molecule has 0 radical (unpaired) electrons. The number of hydrogen-bond acceptors (Lipinski definition) is 0. The van der Waals surface area contributed by atoms with Crippen LogP contribution in [0.15, 0.2) is 24.3 Å². The van der Waals surface area contributed by atoms with Crippen molar-refractivity contribution in [2.24, 2.45) is 0 Å². The summed E-state index contributed by atoms with van der Waals surface area (Å²) in [6, 6.07) is 9.42. The first kappa shape index (κ1) is 10.6. The minimum absolute atomic E-state index is 1.10. The topological polar surface area (TPSA) is 0 Å². The zero-order valence-electron chi connectivity index (χ0n) is 11.0. The maximum absolute atomic E-state index is 2.36. The Bertz CT molecular complexity index is 563. The van der Waals surface area contributed by atoms with Crippen molar-refractivity contribution in [3.8, 4) is 11.1 Å². The number of hydrogen-bond donors (Lipinski definition) is 0. The van der Waals surface area contributed by atoms with Crippen LogP contribution in [0.4, 0.5) is 0 Å². The molecule has 0 amide bonds. The summed E-state index contributed by atoms with van der Waals surface area (Å²) in [6.45, 7) is 8.81. The van der Waals surface area contributed by atoms with Crippen molar-refractivity contribution >= 4 is 0 Å². The molecule has 86 valence electrons. The van der Waals surface area contributed by atoms with Crippen molar-refractivity contribution in [1.82, 2.24) is 0 Å². The van der Waals surface area contributed by atoms with E-state index in [4.69, 9.17) is 0 Å². The molecule has 1 aliphatic rings. The molecule has 3 rings (SSSR count). The molecular formula is C17H18. The third kappa shape index (κ3) is 1.51. The molecule has 1 aliphatic carbocycles. The minimum Gasteiger partial charge on any atom is -0.0549 e. The number of aryl methyl sites for hydroxylation is 4. The van der Waals surface area contributed by atoms with Gasteiger partial charge in [-0.2, -0.15) is 0 Å². The highest BCUT2D eigenvalue weighted by atomic mass is 14.2. The van der Waals surface area contributed by atoms with E-state index in [0.29, 0.717) is 0 Å². The molecule has 2 aromatic carbocycles. The lowest BCUT2D eigenvalue weighted by Gasteiger charge is -2.07. The predicted octanol–water partition coefficient (Wildman–Crippen LogP) is 4.49. The van der Waals surface area contributed by atoms with Gasteiger partial charge in [0.15, 0.2) is 0 Å². The lowest BCUT2D eigenvalue weighted by atomic mass is 9.98. The maximum Gasteiger partial charge on any atom is -0.00132 e. The van der Waals surface area contributed by atoms with Crippen molar-refractivity contribution in [2.75, 3.05) is 0 Å². The largest absolute Gasteiger partial charge is 0.0549 e. The summed E-state index contributed by atoms with van der Waals surface area (Å²) < 4.78 is 0. The molecule has 0 saturated carbocycles. The van der Waals surface area contributed by atoms with Crippen LogP contribution >= 0.6 is 0 Å². The molecule has 0 nitrogen and oxygen atoms in total. The predicted molar refractivity (Wildman–Crippen MR) is 73.6 cm³/mol. The van der Waals surface area contributed by atoms with E-state index in [-0.39, 0.29) is 0 Å². The second kappa shape index (κ2) is 3.46. The molecule has 0 N–H and O–H groups in total. The first-order valence-electron chi connectivity index (χ1n) is 6.27. The van der Waals surface area contributed by atoms with Gasteiger partial charge in [0.25, 0.3) is 0 Å². The van der Waals surface area contributed by atoms with Crippen LogP contribution in [0.2, 0.25) is 0 Å². The smallest absolute Gasteiger partial charge is 0.00132 e. The van der Waals surface area contributed by atoms with Crippen LogP contribution in [-0.2, 0) is 6.42 Å². The van der Waals surface area contributed by atoms with Gasteiger partial charge in [-0.1, -0.05) is 24.3 Å². The molecule has 0 fully saturated rings. The molecule has 0 saturated heterocycles. The van der Waals surface area contributed by atoms with Crippen molar-refractivity contribution < 1.29 is 0 Å². The Balaban J connectivity index is 2.27. The molecule has 0 aliphatic heterocycles. The third-order valence-corrected chi connectivity index (χ3v) is 4.11. The Labute approximate surface area is 103 Å². The van der Waals surface area contributed by atoms with E-state index in [9.17, 15) is 0 Å². The van der Waals surface area contributed by atoms with Crippen LogP contribution in [-0.4, -0.2) is 0 Å². The highest BCUT2D eigenvalue weighted by molar-refractivity contribution is 5.78. The zero-order valence-corrected chi connectivity index (χ0v) is 11.0. The van der Waals surface area contributed by atoms with E-state index in [1.807, 2.05) is 0 Å². The molecule has 2 aromatic rings. The van der Waals surface area contributed by atoms with Gasteiger partial charge >= 0.3 is 0 Å². The monoisotopic (exact) mass is 222 g/mol. The zero-order chi connectivity index (χ0) is 12.2. The Morgan fingerprint density at radius 1 is 0.588 bits per heavy atom. The molecule has 0 unspecified atom stereocenters. The van der Waals surface area contributed by atoms with Crippen LogP contribution < -0.4 is 0 Å². The van der Waals surface area contributed by atoms with E-state index in [1.54, 1.807) is 0 Å². The Kier molecular flexibility index (Phi) is 2.16. The summed E-state index contributed by atoms with van der Waals surface area (Å²) in [5, 5.41) is 0. The van der Waals surface area contributed by atoms with Crippen LogP contribution in [0.5, 0.6) is 0 Å². The van der Waals surface area contributed by atoms with Gasteiger partial charge in [0.1, 0.15) is 0 Å². The van der Waals surface area contributed by atoms with Crippen LogP contribution in [0.3, 0.4) is 0 Å².